The standard InChI is InChI=1S/C14H19NO2/c1-10-5-7-11(8-6-10)13(17)15-9-12(16)14(2,3)4/h5-8H,9H2,1-4H3,(H,15,17). The lowest BCUT2D eigenvalue weighted by Gasteiger charge is -2.16. The molecule has 1 aromatic rings. The first-order valence-electron chi connectivity index (χ1n) is 5.69. The molecule has 1 aromatic carbocycles. The van der Waals surface area contributed by atoms with E-state index in [2.05, 4.69) is 5.32 Å². The number of carbonyl (C=O) groups excluding carboxylic acids is 2. The second kappa shape index (κ2) is 5.13. The lowest BCUT2D eigenvalue weighted by molar-refractivity contribution is -0.125. The molecule has 0 atom stereocenters. The summed E-state index contributed by atoms with van der Waals surface area (Å²) >= 11 is 0. The molecule has 0 saturated carbocycles. The van der Waals surface area contributed by atoms with E-state index in [1.54, 1.807) is 12.1 Å². The maximum Gasteiger partial charge on any atom is 0.251 e. The number of amides is 1. The minimum absolute atomic E-state index is 0.0259. The fourth-order valence-corrected chi connectivity index (χ4v) is 1.23. The van der Waals surface area contributed by atoms with Gasteiger partial charge in [0, 0.05) is 11.0 Å². The molecule has 0 radical (unpaired) electrons. The summed E-state index contributed by atoms with van der Waals surface area (Å²) in [6.45, 7) is 7.56. The predicted octanol–water partition coefficient (Wildman–Crippen LogP) is 2.34. The molecule has 92 valence electrons. The number of hydrogen-bond acceptors (Lipinski definition) is 2. The molecule has 3 nitrogen and oxygen atoms in total. The molecule has 0 unspecified atom stereocenters. The average Bonchev–Trinajstić information content (AvgIpc) is 2.25. The number of Topliss-reactive ketones (excluding diaryl/α,β-unsaturated/α-hetero) is 1. The summed E-state index contributed by atoms with van der Waals surface area (Å²) in [5.74, 6) is -0.180. The predicted molar refractivity (Wildman–Crippen MR) is 68.0 cm³/mol. The van der Waals surface area contributed by atoms with Crippen LogP contribution in [-0.4, -0.2) is 18.2 Å². The van der Waals surface area contributed by atoms with Gasteiger partial charge in [-0.25, -0.2) is 0 Å². The van der Waals surface area contributed by atoms with Gasteiger partial charge in [-0.05, 0) is 19.1 Å². The van der Waals surface area contributed by atoms with Gasteiger partial charge in [-0.3, -0.25) is 9.59 Å². The maximum absolute atomic E-state index is 11.7. The Hall–Kier alpha value is -1.64. The van der Waals surface area contributed by atoms with E-state index in [9.17, 15) is 9.59 Å². The lowest BCUT2D eigenvalue weighted by Crippen LogP contribution is -2.35. The summed E-state index contributed by atoms with van der Waals surface area (Å²) in [5, 5.41) is 2.64. The summed E-state index contributed by atoms with van der Waals surface area (Å²) in [4.78, 5) is 23.4. The minimum Gasteiger partial charge on any atom is -0.345 e. The topological polar surface area (TPSA) is 46.2 Å². The molecule has 0 aliphatic heterocycles. The number of rotatable bonds is 3. The molecule has 1 N–H and O–H groups in total. The Bertz CT molecular complexity index is 413. The van der Waals surface area contributed by atoms with Crippen LogP contribution < -0.4 is 5.32 Å². The first kappa shape index (κ1) is 13.4. The molecular weight excluding hydrogens is 214 g/mol. The van der Waals surface area contributed by atoms with Crippen LogP contribution in [-0.2, 0) is 4.79 Å². The molecular formula is C14H19NO2. The van der Waals surface area contributed by atoms with Gasteiger partial charge in [-0.1, -0.05) is 38.5 Å². The normalized spacial score (nSPS) is 11.1. The zero-order valence-corrected chi connectivity index (χ0v) is 10.8. The van der Waals surface area contributed by atoms with Crippen LogP contribution in [0.4, 0.5) is 0 Å². The number of aryl methyl sites for hydroxylation is 1. The van der Waals surface area contributed by atoms with Crippen molar-refractivity contribution >= 4 is 11.7 Å². The maximum atomic E-state index is 11.7. The summed E-state index contributed by atoms with van der Waals surface area (Å²) < 4.78 is 0. The van der Waals surface area contributed by atoms with Gasteiger partial charge in [0.25, 0.3) is 5.91 Å². The van der Waals surface area contributed by atoms with E-state index < -0.39 is 5.41 Å². The van der Waals surface area contributed by atoms with E-state index >= 15 is 0 Å². The molecule has 1 amide bonds. The van der Waals surface area contributed by atoms with Gasteiger partial charge in [0.15, 0.2) is 5.78 Å². The van der Waals surface area contributed by atoms with Crippen molar-refractivity contribution in [2.45, 2.75) is 27.7 Å². The van der Waals surface area contributed by atoms with Crippen LogP contribution >= 0.6 is 0 Å². The van der Waals surface area contributed by atoms with Gasteiger partial charge >= 0.3 is 0 Å². The van der Waals surface area contributed by atoms with Gasteiger partial charge in [0.1, 0.15) is 0 Å². The Balaban J connectivity index is 2.56. The summed E-state index contributed by atoms with van der Waals surface area (Å²) in [6.07, 6.45) is 0. The van der Waals surface area contributed by atoms with Crippen molar-refractivity contribution in [3.8, 4) is 0 Å². The second-order valence-corrected chi connectivity index (χ2v) is 5.22. The van der Waals surface area contributed by atoms with E-state index in [4.69, 9.17) is 0 Å². The van der Waals surface area contributed by atoms with E-state index in [-0.39, 0.29) is 18.2 Å². The van der Waals surface area contributed by atoms with Crippen molar-refractivity contribution in [2.75, 3.05) is 6.54 Å². The zero-order chi connectivity index (χ0) is 13.1. The Morgan fingerprint density at radius 2 is 1.65 bits per heavy atom. The van der Waals surface area contributed by atoms with Crippen LogP contribution in [0, 0.1) is 12.3 Å². The Labute approximate surface area is 102 Å². The summed E-state index contributed by atoms with van der Waals surface area (Å²) in [6, 6.07) is 7.26. The number of benzene rings is 1. The number of hydrogen-bond donors (Lipinski definition) is 1. The van der Waals surface area contributed by atoms with Gasteiger partial charge in [0.2, 0.25) is 0 Å². The zero-order valence-electron chi connectivity index (χ0n) is 10.8. The quantitative estimate of drug-likeness (QED) is 0.871. The molecule has 0 spiro atoms. The Morgan fingerprint density at radius 3 is 2.12 bits per heavy atom. The van der Waals surface area contributed by atoms with Crippen molar-refractivity contribution in [1.29, 1.82) is 0 Å². The van der Waals surface area contributed by atoms with Crippen LogP contribution in [0.25, 0.3) is 0 Å². The first-order valence-corrected chi connectivity index (χ1v) is 5.69. The van der Waals surface area contributed by atoms with E-state index in [1.165, 1.54) is 0 Å². The summed E-state index contributed by atoms with van der Waals surface area (Å²) in [5.41, 5.74) is 1.27. The van der Waals surface area contributed by atoms with E-state index in [0.717, 1.165) is 5.56 Å². The third kappa shape index (κ3) is 4.02. The molecule has 0 aliphatic rings. The Kier molecular flexibility index (Phi) is 4.05. The van der Waals surface area contributed by atoms with Crippen molar-refractivity contribution in [3.63, 3.8) is 0 Å². The second-order valence-electron chi connectivity index (χ2n) is 5.22. The number of nitrogens with one attached hydrogen (secondary N) is 1. The molecule has 1 rings (SSSR count). The van der Waals surface area contributed by atoms with Gasteiger partial charge in [0.05, 0.1) is 6.54 Å². The number of ketones is 1. The third-order valence-electron chi connectivity index (χ3n) is 2.56. The smallest absolute Gasteiger partial charge is 0.251 e. The highest BCUT2D eigenvalue weighted by atomic mass is 16.2. The van der Waals surface area contributed by atoms with Gasteiger partial charge < -0.3 is 5.32 Å². The minimum atomic E-state index is -0.416. The van der Waals surface area contributed by atoms with Crippen molar-refractivity contribution in [2.24, 2.45) is 5.41 Å². The molecule has 0 heterocycles. The van der Waals surface area contributed by atoms with Crippen LogP contribution in [0.2, 0.25) is 0 Å². The highest BCUT2D eigenvalue weighted by Crippen LogP contribution is 2.13. The fraction of sp³-hybridized carbons (Fsp3) is 0.429. The first-order chi connectivity index (χ1) is 7.80. The molecule has 3 heteroatoms. The van der Waals surface area contributed by atoms with Crippen molar-refractivity contribution < 1.29 is 9.59 Å². The molecule has 0 aromatic heterocycles. The van der Waals surface area contributed by atoms with Gasteiger partial charge in [-0.2, -0.15) is 0 Å². The highest BCUT2D eigenvalue weighted by Gasteiger charge is 2.21. The van der Waals surface area contributed by atoms with Crippen LogP contribution in [0.15, 0.2) is 24.3 Å². The lowest BCUT2D eigenvalue weighted by atomic mass is 9.91. The molecule has 17 heavy (non-hydrogen) atoms. The highest BCUT2D eigenvalue weighted by molar-refractivity contribution is 5.97. The molecule has 0 aliphatic carbocycles. The van der Waals surface area contributed by atoms with E-state index in [1.807, 2.05) is 39.8 Å². The SMILES string of the molecule is Cc1ccc(C(=O)NCC(=O)C(C)(C)C)cc1. The van der Waals surface area contributed by atoms with Crippen LogP contribution in [0.5, 0.6) is 0 Å². The molecule has 0 fully saturated rings. The Morgan fingerprint density at radius 1 is 1.12 bits per heavy atom. The molecule has 0 saturated heterocycles. The van der Waals surface area contributed by atoms with Crippen molar-refractivity contribution in [3.05, 3.63) is 35.4 Å². The van der Waals surface area contributed by atoms with Crippen LogP contribution in [0.3, 0.4) is 0 Å². The average molecular weight is 233 g/mol. The van der Waals surface area contributed by atoms with E-state index in [0.29, 0.717) is 5.56 Å². The monoisotopic (exact) mass is 233 g/mol. The third-order valence-corrected chi connectivity index (χ3v) is 2.56. The number of carbonyl (C=O) groups is 2. The fourth-order valence-electron chi connectivity index (χ4n) is 1.23. The largest absolute Gasteiger partial charge is 0.345 e. The molecule has 0 bridgehead atoms. The van der Waals surface area contributed by atoms with Gasteiger partial charge in [-0.15, -0.1) is 0 Å². The van der Waals surface area contributed by atoms with Crippen LogP contribution in [0.1, 0.15) is 36.7 Å². The van der Waals surface area contributed by atoms with Crippen molar-refractivity contribution in [1.82, 2.24) is 5.32 Å². The summed E-state index contributed by atoms with van der Waals surface area (Å²) in [7, 11) is 0.